The average Bonchev–Trinajstić information content (AvgIpc) is 3.37. The molecule has 2 aromatic heterocycles. The molecule has 134 valence electrons. The molecule has 0 spiro atoms. The summed E-state index contributed by atoms with van der Waals surface area (Å²) in [6, 6.07) is 13.6. The van der Waals surface area contributed by atoms with Crippen LogP contribution in [-0.4, -0.2) is 31.1 Å². The molecule has 1 amide bonds. The summed E-state index contributed by atoms with van der Waals surface area (Å²) in [4.78, 5) is 17.4. The molecule has 1 aromatic carbocycles. The van der Waals surface area contributed by atoms with E-state index in [0.717, 1.165) is 18.7 Å². The molecule has 0 saturated carbocycles. The monoisotopic (exact) mass is 385 g/mol. The van der Waals surface area contributed by atoms with Gasteiger partial charge in [0.2, 0.25) is 0 Å². The number of rotatable bonds is 5. The van der Waals surface area contributed by atoms with E-state index < -0.39 is 0 Å². The number of carbonyl (C=O) groups excluding carboxylic acids is 1. The maximum atomic E-state index is 12.9. The fourth-order valence-corrected chi connectivity index (χ4v) is 5.00. The molecular weight excluding hydrogens is 366 g/mol. The van der Waals surface area contributed by atoms with Crippen molar-refractivity contribution in [2.24, 2.45) is 0 Å². The van der Waals surface area contributed by atoms with Gasteiger partial charge in [0.1, 0.15) is 11.5 Å². The van der Waals surface area contributed by atoms with E-state index >= 15 is 0 Å². The van der Waals surface area contributed by atoms with Gasteiger partial charge in [-0.05, 0) is 59.1 Å². The zero-order chi connectivity index (χ0) is 17.9. The number of benzene rings is 1. The van der Waals surface area contributed by atoms with Crippen LogP contribution in [0.25, 0.3) is 0 Å². The van der Waals surface area contributed by atoms with Gasteiger partial charge >= 0.3 is 0 Å². The number of ether oxygens (including phenoxy) is 2. The van der Waals surface area contributed by atoms with Crippen molar-refractivity contribution in [3.63, 3.8) is 0 Å². The Hall–Kier alpha value is -2.31. The Morgan fingerprint density at radius 1 is 1.12 bits per heavy atom. The number of fused-ring (bicyclic) bond motifs is 1. The van der Waals surface area contributed by atoms with E-state index in [9.17, 15) is 4.79 Å². The topological polar surface area (TPSA) is 38.8 Å². The molecule has 0 N–H and O–H groups in total. The van der Waals surface area contributed by atoms with Crippen molar-refractivity contribution in [1.82, 2.24) is 4.90 Å². The number of carbonyl (C=O) groups is 1. The molecule has 3 aromatic rings. The third kappa shape index (κ3) is 3.34. The van der Waals surface area contributed by atoms with Crippen molar-refractivity contribution in [3.8, 4) is 11.5 Å². The quantitative estimate of drug-likeness (QED) is 0.655. The van der Waals surface area contributed by atoms with E-state index in [1.165, 1.54) is 15.3 Å². The maximum Gasteiger partial charge on any atom is 0.261 e. The number of hydrogen-bond donors (Lipinski definition) is 0. The molecule has 1 atom stereocenters. The second-order valence-corrected chi connectivity index (χ2v) is 8.00. The van der Waals surface area contributed by atoms with Crippen molar-refractivity contribution < 1.29 is 14.3 Å². The van der Waals surface area contributed by atoms with Crippen LogP contribution >= 0.6 is 22.7 Å². The molecule has 0 unspecified atom stereocenters. The molecule has 4 rings (SSSR count). The zero-order valence-corrected chi connectivity index (χ0v) is 16.0. The van der Waals surface area contributed by atoms with E-state index in [1.807, 2.05) is 35.2 Å². The number of hydrogen-bond acceptors (Lipinski definition) is 5. The molecule has 6 heteroatoms. The summed E-state index contributed by atoms with van der Waals surface area (Å²) < 4.78 is 10.9. The van der Waals surface area contributed by atoms with Crippen LogP contribution < -0.4 is 9.47 Å². The molecule has 0 bridgehead atoms. The van der Waals surface area contributed by atoms with Crippen LogP contribution in [0, 0.1) is 0 Å². The number of amides is 1. The predicted molar refractivity (Wildman–Crippen MR) is 104 cm³/mol. The summed E-state index contributed by atoms with van der Waals surface area (Å²) in [6.07, 6.45) is 0.906. The Labute approximate surface area is 160 Å². The van der Waals surface area contributed by atoms with Gasteiger partial charge in [0, 0.05) is 16.3 Å². The van der Waals surface area contributed by atoms with E-state index in [2.05, 4.69) is 22.9 Å². The summed E-state index contributed by atoms with van der Waals surface area (Å²) in [6.45, 7) is 0.758. The summed E-state index contributed by atoms with van der Waals surface area (Å²) in [5, 5.41) is 4.18. The molecule has 1 aliphatic heterocycles. The van der Waals surface area contributed by atoms with Crippen LogP contribution in [-0.2, 0) is 11.2 Å². The van der Waals surface area contributed by atoms with Crippen molar-refractivity contribution in [2.75, 3.05) is 20.3 Å². The van der Waals surface area contributed by atoms with E-state index in [-0.39, 0.29) is 18.6 Å². The lowest BCUT2D eigenvalue weighted by atomic mass is 9.98. The first kappa shape index (κ1) is 17.1. The Morgan fingerprint density at radius 2 is 1.92 bits per heavy atom. The van der Waals surface area contributed by atoms with Crippen molar-refractivity contribution in [2.45, 2.75) is 12.5 Å². The number of thiophene rings is 2. The molecule has 0 fully saturated rings. The van der Waals surface area contributed by atoms with Crippen molar-refractivity contribution >= 4 is 28.6 Å². The summed E-state index contributed by atoms with van der Waals surface area (Å²) in [7, 11) is 1.62. The molecule has 0 saturated heterocycles. The highest BCUT2D eigenvalue weighted by Crippen LogP contribution is 2.39. The Balaban J connectivity index is 1.50. The smallest absolute Gasteiger partial charge is 0.261 e. The number of methoxy groups -OCH3 is 1. The SMILES string of the molecule is COc1ccc(OCC(=O)N2CCc3sccc3[C@H]2c2cccs2)cc1. The van der Waals surface area contributed by atoms with Gasteiger partial charge in [0.25, 0.3) is 5.91 Å². The van der Waals surface area contributed by atoms with Crippen LogP contribution in [0.1, 0.15) is 21.4 Å². The van der Waals surface area contributed by atoms with Gasteiger partial charge in [-0.2, -0.15) is 0 Å². The fourth-order valence-electron chi connectivity index (χ4n) is 3.24. The van der Waals surface area contributed by atoms with Gasteiger partial charge in [-0.25, -0.2) is 0 Å². The molecular formula is C20H19NO3S2. The summed E-state index contributed by atoms with van der Waals surface area (Å²) in [5.74, 6) is 1.44. The lowest BCUT2D eigenvalue weighted by molar-refractivity contribution is -0.135. The molecule has 0 radical (unpaired) electrons. The highest BCUT2D eigenvalue weighted by Gasteiger charge is 2.33. The van der Waals surface area contributed by atoms with Gasteiger partial charge < -0.3 is 14.4 Å². The van der Waals surface area contributed by atoms with Gasteiger partial charge in [-0.15, -0.1) is 22.7 Å². The van der Waals surface area contributed by atoms with Crippen molar-refractivity contribution in [3.05, 3.63) is 68.5 Å². The van der Waals surface area contributed by atoms with Crippen molar-refractivity contribution in [1.29, 1.82) is 0 Å². The Morgan fingerprint density at radius 3 is 2.65 bits per heavy atom. The van der Waals surface area contributed by atoms with Gasteiger partial charge in [-0.1, -0.05) is 6.07 Å². The lowest BCUT2D eigenvalue weighted by Crippen LogP contribution is -2.42. The largest absolute Gasteiger partial charge is 0.497 e. The normalized spacial score (nSPS) is 16.2. The molecule has 4 nitrogen and oxygen atoms in total. The van der Waals surface area contributed by atoms with Crippen LogP contribution in [0.3, 0.4) is 0 Å². The van der Waals surface area contributed by atoms with Crippen LogP contribution in [0.15, 0.2) is 53.2 Å². The highest BCUT2D eigenvalue weighted by molar-refractivity contribution is 7.10. The molecule has 0 aliphatic carbocycles. The average molecular weight is 386 g/mol. The first-order valence-electron chi connectivity index (χ1n) is 8.42. The third-order valence-electron chi connectivity index (χ3n) is 4.52. The van der Waals surface area contributed by atoms with E-state index in [0.29, 0.717) is 5.75 Å². The minimum absolute atomic E-state index is 0.00281. The number of nitrogens with zero attached hydrogens (tertiary/aromatic N) is 1. The van der Waals surface area contributed by atoms with Gasteiger partial charge in [0.05, 0.1) is 13.2 Å². The minimum atomic E-state index is -0.00281. The summed E-state index contributed by atoms with van der Waals surface area (Å²) >= 11 is 3.47. The van der Waals surface area contributed by atoms with E-state index in [4.69, 9.17) is 9.47 Å². The van der Waals surface area contributed by atoms with Crippen LogP contribution in [0.5, 0.6) is 11.5 Å². The standard InChI is InChI=1S/C20H19NO3S2/c1-23-14-4-6-15(7-5-14)24-13-19(22)21-10-8-17-16(9-12-26-17)20(21)18-3-2-11-25-18/h2-7,9,11-12,20H,8,10,13H2,1H3/t20-/m0/s1. The second-order valence-electron chi connectivity index (χ2n) is 6.02. The maximum absolute atomic E-state index is 12.9. The second kappa shape index (κ2) is 7.51. The third-order valence-corrected chi connectivity index (χ3v) is 6.44. The predicted octanol–water partition coefficient (Wildman–Crippen LogP) is 4.37. The Bertz CT molecular complexity index is 871. The molecule has 26 heavy (non-hydrogen) atoms. The first-order chi connectivity index (χ1) is 12.8. The summed E-state index contributed by atoms with van der Waals surface area (Å²) in [5.41, 5.74) is 1.25. The fraction of sp³-hybridized carbons (Fsp3) is 0.250. The first-order valence-corrected chi connectivity index (χ1v) is 10.2. The minimum Gasteiger partial charge on any atom is -0.497 e. The van der Waals surface area contributed by atoms with E-state index in [1.54, 1.807) is 29.8 Å². The highest BCUT2D eigenvalue weighted by atomic mass is 32.1. The van der Waals surface area contributed by atoms with Gasteiger partial charge in [0.15, 0.2) is 6.61 Å². The molecule has 1 aliphatic rings. The zero-order valence-electron chi connectivity index (χ0n) is 14.4. The van der Waals surface area contributed by atoms with Crippen LogP contribution in [0.4, 0.5) is 0 Å². The Kier molecular flexibility index (Phi) is 4.95. The molecule has 3 heterocycles. The van der Waals surface area contributed by atoms with Gasteiger partial charge in [-0.3, -0.25) is 4.79 Å². The van der Waals surface area contributed by atoms with Crippen LogP contribution in [0.2, 0.25) is 0 Å². The lowest BCUT2D eigenvalue weighted by Gasteiger charge is -2.35.